The summed E-state index contributed by atoms with van der Waals surface area (Å²) in [6, 6.07) is 5.03. The Hall–Kier alpha value is -2.42. The lowest BCUT2D eigenvalue weighted by molar-refractivity contribution is -0.117. The van der Waals surface area contributed by atoms with Crippen molar-refractivity contribution in [2.24, 2.45) is 5.92 Å². The minimum atomic E-state index is -0.223. The summed E-state index contributed by atoms with van der Waals surface area (Å²) in [5, 5.41) is 17.5. The van der Waals surface area contributed by atoms with Gasteiger partial charge in [-0.1, -0.05) is 16.9 Å². The third kappa shape index (κ3) is 4.52. The highest BCUT2D eigenvalue weighted by Gasteiger charge is 2.29. The van der Waals surface area contributed by atoms with Gasteiger partial charge in [-0.2, -0.15) is 0 Å². The molecule has 120 valence electrons. The molecule has 2 heterocycles. The first kappa shape index (κ1) is 15.5. The number of carbonyl (C=O) groups excluding carboxylic acids is 2. The highest BCUT2D eigenvalue weighted by Crippen LogP contribution is 2.29. The number of thioether (sulfide) groups is 1. The zero-order valence-corrected chi connectivity index (χ0v) is 13.2. The predicted molar refractivity (Wildman–Crippen MR) is 84.0 cm³/mol. The van der Waals surface area contributed by atoms with Crippen LogP contribution in [0.25, 0.3) is 0 Å². The number of nitrogens with one attached hydrogen (secondary N) is 2. The molecular formula is C14H15N5O3S. The molecule has 23 heavy (non-hydrogen) atoms. The van der Waals surface area contributed by atoms with E-state index in [0.29, 0.717) is 22.4 Å². The molecule has 0 unspecified atom stereocenters. The number of carbonyl (C=O) groups is 2. The molecule has 0 spiro atoms. The number of aromatic nitrogens is 3. The first-order valence-corrected chi connectivity index (χ1v) is 8.09. The lowest BCUT2D eigenvalue weighted by atomic mass is 10.4. The maximum atomic E-state index is 11.8. The van der Waals surface area contributed by atoms with Gasteiger partial charge in [-0.05, 0) is 31.9 Å². The second kappa shape index (κ2) is 6.78. The van der Waals surface area contributed by atoms with Crippen LogP contribution < -0.4 is 10.6 Å². The molecule has 0 radical (unpaired) electrons. The molecule has 3 rings (SSSR count). The van der Waals surface area contributed by atoms with Crippen molar-refractivity contribution in [2.45, 2.75) is 24.8 Å². The number of hydrogen-bond donors (Lipinski definition) is 2. The summed E-state index contributed by atoms with van der Waals surface area (Å²) in [7, 11) is 0. The van der Waals surface area contributed by atoms with Crippen molar-refractivity contribution in [1.29, 1.82) is 0 Å². The van der Waals surface area contributed by atoms with Crippen LogP contribution in [-0.2, 0) is 9.59 Å². The fourth-order valence-corrected chi connectivity index (χ4v) is 2.39. The SMILES string of the molecule is Cc1cc(NC(=O)CSc2ccc(NC(=O)C3CC3)nn2)on1. The zero-order valence-electron chi connectivity index (χ0n) is 12.4. The van der Waals surface area contributed by atoms with E-state index in [-0.39, 0.29) is 23.5 Å². The van der Waals surface area contributed by atoms with Crippen molar-refractivity contribution in [2.75, 3.05) is 16.4 Å². The van der Waals surface area contributed by atoms with Gasteiger partial charge in [0.2, 0.25) is 17.7 Å². The van der Waals surface area contributed by atoms with Gasteiger partial charge < -0.3 is 9.84 Å². The van der Waals surface area contributed by atoms with Crippen molar-refractivity contribution in [3.63, 3.8) is 0 Å². The van der Waals surface area contributed by atoms with Gasteiger partial charge in [0, 0.05) is 12.0 Å². The van der Waals surface area contributed by atoms with Crippen LogP contribution in [0.15, 0.2) is 27.7 Å². The topological polar surface area (TPSA) is 110 Å². The second-order valence-electron chi connectivity index (χ2n) is 5.19. The molecule has 2 N–H and O–H groups in total. The van der Waals surface area contributed by atoms with E-state index in [1.165, 1.54) is 11.8 Å². The monoisotopic (exact) mass is 333 g/mol. The Morgan fingerprint density at radius 1 is 1.30 bits per heavy atom. The Labute approximate surface area is 136 Å². The second-order valence-corrected chi connectivity index (χ2v) is 6.19. The molecule has 0 bridgehead atoms. The molecule has 0 atom stereocenters. The summed E-state index contributed by atoms with van der Waals surface area (Å²) in [5.74, 6) is 0.794. The van der Waals surface area contributed by atoms with Crippen molar-refractivity contribution >= 4 is 35.3 Å². The van der Waals surface area contributed by atoms with Crippen LogP contribution in [0.2, 0.25) is 0 Å². The molecule has 1 aliphatic rings. The largest absolute Gasteiger partial charge is 0.338 e. The fourth-order valence-electron chi connectivity index (χ4n) is 1.77. The molecule has 2 aromatic heterocycles. The van der Waals surface area contributed by atoms with E-state index in [1.807, 2.05) is 0 Å². The van der Waals surface area contributed by atoms with Gasteiger partial charge in [0.25, 0.3) is 0 Å². The van der Waals surface area contributed by atoms with E-state index in [1.54, 1.807) is 25.1 Å². The normalized spacial score (nSPS) is 13.6. The number of aryl methyl sites for hydroxylation is 1. The summed E-state index contributed by atoms with van der Waals surface area (Å²) >= 11 is 1.24. The van der Waals surface area contributed by atoms with Crippen molar-refractivity contribution in [1.82, 2.24) is 15.4 Å². The van der Waals surface area contributed by atoms with Crippen LogP contribution in [0.1, 0.15) is 18.5 Å². The van der Waals surface area contributed by atoms with Crippen LogP contribution in [-0.4, -0.2) is 32.9 Å². The van der Waals surface area contributed by atoms with Gasteiger partial charge in [-0.15, -0.1) is 10.2 Å². The fraction of sp³-hybridized carbons (Fsp3) is 0.357. The van der Waals surface area contributed by atoms with Gasteiger partial charge in [0.05, 0.1) is 11.4 Å². The highest BCUT2D eigenvalue weighted by molar-refractivity contribution is 7.99. The summed E-state index contributed by atoms with van der Waals surface area (Å²) in [4.78, 5) is 23.4. The first-order valence-electron chi connectivity index (χ1n) is 7.11. The average Bonchev–Trinajstić information content (AvgIpc) is 3.31. The molecule has 1 saturated carbocycles. The van der Waals surface area contributed by atoms with Crippen LogP contribution >= 0.6 is 11.8 Å². The molecule has 2 aromatic rings. The highest BCUT2D eigenvalue weighted by atomic mass is 32.2. The van der Waals surface area contributed by atoms with Crippen molar-refractivity contribution < 1.29 is 14.1 Å². The first-order chi connectivity index (χ1) is 11.1. The average molecular weight is 333 g/mol. The van der Waals surface area contributed by atoms with E-state index in [2.05, 4.69) is 26.0 Å². The molecule has 2 amide bonds. The maximum Gasteiger partial charge on any atom is 0.237 e. The molecule has 9 heteroatoms. The number of hydrogen-bond acceptors (Lipinski definition) is 7. The Balaban J connectivity index is 1.46. The van der Waals surface area contributed by atoms with Gasteiger partial charge in [-0.25, -0.2) is 0 Å². The Bertz CT molecular complexity index is 711. The molecule has 0 aromatic carbocycles. The minimum absolute atomic E-state index is 0.0126. The smallest absolute Gasteiger partial charge is 0.237 e. The molecule has 8 nitrogen and oxygen atoms in total. The Morgan fingerprint density at radius 3 is 2.74 bits per heavy atom. The summed E-state index contributed by atoms with van der Waals surface area (Å²) in [5.41, 5.74) is 0.697. The van der Waals surface area contributed by atoms with Gasteiger partial charge in [-0.3, -0.25) is 14.9 Å². The number of rotatable bonds is 6. The number of anilines is 2. The van der Waals surface area contributed by atoms with Crippen molar-refractivity contribution in [3.8, 4) is 0 Å². The van der Waals surface area contributed by atoms with E-state index >= 15 is 0 Å². The van der Waals surface area contributed by atoms with E-state index < -0.39 is 0 Å². The maximum absolute atomic E-state index is 11.8. The molecular weight excluding hydrogens is 318 g/mol. The number of amides is 2. The molecule has 1 aliphatic carbocycles. The number of nitrogens with zero attached hydrogens (tertiary/aromatic N) is 3. The lowest BCUT2D eigenvalue weighted by Gasteiger charge is -2.03. The molecule has 1 fully saturated rings. The van der Waals surface area contributed by atoms with Crippen LogP contribution in [0.5, 0.6) is 0 Å². The summed E-state index contributed by atoms with van der Waals surface area (Å²) < 4.78 is 4.90. The van der Waals surface area contributed by atoms with E-state index in [9.17, 15) is 9.59 Å². The van der Waals surface area contributed by atoms with E-state index in [4.69, 9.17) is 4.52 Å². The van der Waals surface area contributed by atoms with Crippen molar-refractivity contribution in [3.05, 3.63) is 23.9 Å². The van der Waals surface area contributed by atoms with Gasteiger partial charge in [0.1, 0.15) is 5.03 Å². The Kier molecular flexibility index (Phi) is 4.56. The predicted octanol–water partition coefficient (Wildman–Crippen LogP) is 1.85. The van der Waals surface area contributed by atoms with Crippen LogP contribution in [0.3, 0.4) is 0 Å². The third-order valence-electron chi connectivity index (χ3n) is 3.08. The summed E-state index contributed by atoms with van der Waals surface area (Å²) in [6.45, 7) is 1.77. The standard InChI is InChI=1S/C14H15N5O3S/c1-8-6-12(22-19-8)16-11(20)7-23-13-5-4-10(17-18-13)15-14(21)9-2-3-9/h4-6,9H,2-3,7H2,1H3,(H,16,20)(H,15,17,21). The quantitative estimate of drug-likeness (QED) is 0.776. The zero-order chi connectivity index (χ0) is 16.2. The van der Waals surface area contributed by atoms with Crippen LogP contribution in [0, 0.1) is 12.8 Å². The van der Waals surface area contributed by atoms with Gasteiger partial charge in [0.15, 0.2) is 5.82 Å². The third-order valence-corrected chi connectivity index (χ3v) is 4.00. The molecule has 0 saturated heterocycles. The lowest BCUT2D eigenvalue weighted by Crippen LogP contribution is -2.15. The van der Waals surface area contributed by atoms with Gasteiger partial charge >= 0.3 is 0 Å². The van der Waals surface area contributed by atoms with E-state index in [0.717, 1.165) is 12.8 Å². The summed E-state index contributed by atoms with van der Waals surface area (Å²) in [6.07, 6.45) is 1.88. The Morgan fingerprint density at radius 2 is 2.13 bits per heavy atom. The molecule has 0 aliphatic heterocycles. The van der Waals surface area contributed by atoms with Crippen LogP contribution in [0.4, 0.5) is 11.7 Å². The minimum Gasteiger partial charge on any atom is -0.338 e.